The molecule has 1 aliphatic heterocycles. The lowest BCUT2D eigenvalue weighted by atomic mass is 10.0. The molecule has 0 fully saturated rings. The highest BCUT2D eigenvalue weighted by Gasteiger charge is 2.22. The maximum absolute atomic E-state index is 12.4. The van der Waals surface area contributed by atoms with Crippen LogP contribution < -0.4 is 15.5 Å². The zero-order valence-corrected chi connectivity index (χ0v) is 16.9. The number of fused-ring (bicyclic) bond motifs is 1. The van der Waals surface area contributed by atoms with Crippen molar-refractivity contribution in [2.45, 2.75) is 46.3 Å². The van der Waals surface area contributed by atoms with E-state index in [4.69, 9.17) is 0 Å². The first-order chi connectivity index (χ1) is 13.4. The summed E-state index contributed by atoms with van der Waals surface area (Å²) < 4.78 is 0. The zero-order chi connectivity index (χ0) is 20.1. The van der Waals surface area contributed by atoms with Crippen molar-refractivity contribution in [3.8, 4) is 0 Å². The van der Waals surface area contributed by atoms with E-state index in [1.54, 1.807) is 0 Å². The van der Waals surface area contributed by atoms with Crippen LogP contribution in [0.15, 0.2) is 48.5 Å². The summed E-state index contributed by atoms with van der Waals surface area (Å²) in [6.07, 6.45) is 1.10. The van der Waals surface area contributed by atoms with Crippen LogP contribution in [0.1, 0.15) is 37.5 Å². The molecule has 2 N–H and O–H groups in total. The summed E-state index contributed by atoms with van der Waals surface area (Å²) in [4.78, 5) is 26.1. The van der Waals surface area contributed by atoms with Crippen LogP contribution in [0.3, 0.4) is 0 Å². The Hall–Kier alpha value is -2.82. The smallest absolute Gasteiger partial charge is 0.243 e. The van der Waals surface area contributed by atoms with Crippen LogP contribution in [-0.2, 0) is 29.1 Å². The number of anilines is 1. The fourth-order valence-electron chi connectivity index (χ4n) is 3.61. The molecule has 2 aromatic rings. The molecule has 3 rings (SSSR count). The van der Waals surface area contributed by atoms with Gasteiger partial charge in [0.2, 0.25) is 11.8 Å². The molecule has 0 aromatic heterocycles. The number of benzene rings is 2. The van der Waals surface area contributed by atoms with Gasteiger partial charge in [-0.3, -0.25) is 9.59 Å². The van der Waals surface area contributed by atoms with Gasteiger partial charge in [0, 0.05) is 32.2 Å². The molecule has 0 unspecified atom stereocenters. The minimum absolute atomic E-state index is 0.0367. The summed E-state index contributed by atoms with van der Waals surface area (Å²) in [6, 6.07) is 16.4. The minimum atomic E-state index is -0.507. The normalized spacial score (nSPS) is 13.9. The molecule has 5 heteroatoms. The first-order valence-corrected chi connectivity index (χ1v) is 9.89. The highest BCUT2D eigenvalue weighted by molar-refractivity contribution is 5.87. The molecule has 0 radical (unpaired) electrons. The predicted octanol–water partition coefficient (Wildman–Crippen LogP) is 3.03. The van der Waals surface area contributed by atoms with Crippen LogP contribution in [0.25, 0.3) is 0 Å². The summed E-state index contributed by atoms with van der Waals surface area (Å²) in [5.41, 5.74) is 5.05. The maximum atomic E-state index is 12.4. The second kappa shape index (κ2) is 8.91. The maximum Gasteiger partial charge on any atom is 0.243 e. The topological polar surface area (TPSA) is 61.4 Å². The molecule has 28 heavy (non-hydrogen) atoms. The largest absolute Gasteiger partial charge is 0.367 e. The number of nitrogens with zero attached hydrogens (tertiary/aromatic N) is 1. The molecule has 1 heterocycles. The van der Waals surface area contributed by atoms with Gasteiger partial charge in [0.05, 0.1) is 0 Å². The third-order valence-corrected chi connectivity index (χ3v) is 5.15. The summed E-state index contributed by atoms with van der Waals surface area (Å²) >= 11 is 0. The van der Waals surface area contributed by atoms with Gasteiger partial charge in [0.15, 0.2) is 0 Å². The van der Waals surface area contributed by atoms with E-state index >= 15 is 0 Å². The fourth-order valence-corrected chi connectivity index (χ4v) is 3.61. The van der Waals surface area contributed by atoms with Crippen molar-refractivity contribution < 1.29 is 9.59 Å². The highest BCUT2D eigenvalue weighted by Crippen LogP contribution is 2.28. The molecule has 0 spiro atoms. The van der Waals surface area contributed by atoms with Gasteiger partial charge in [-0.2, -0.15) is 0 Å². The Labute approximate surface area is 167 Å². The van der Waals surface area contributed by atoms with E-state index in [2.05, 4.69) is 64.1 Å². The molecule has 2 aromatic carbocycles. The summed E-state index contributed by atoms with van der Waals surface area (Å²) in [6.45, 7) is 7.67. The first-order valence-electron chi connectivity index (χ1n) is 9.89. The first kappa shape index (κ1) is 19.9. The quantitative estimate of drug-likeness (QED) is 0.777. The average molecular weight is 380 g/mol. The fraction of sp³-hybridized carbons (Fsp3) is 0.391. The molecule has 1 aliphatic rings. The third-order valence-electron chi connectivity index (χ3n) is 5.15. The number of hydrogen-bond acceptors (Lipinski definition) is 3. The van der Waals surface area contributed by atoms with Gasteiger partial charge in [-0.15, -0.1) is 0 Å². The molecule has 5 nitrogen and oxygen atoms in total. The van der Waals surface area contributed by atoms with Crippen LogP contribution in [0, 0.1) is 5.92 Å². The van der Waals surface area contributed by atoms with Crippen molar-refractivity contribution >= 4 is 17.5 Å². The van der Waals surface area contributed by atoms with Crippen LogP contribution in [0.4, 0.5) is 5.69 Å². The van der Waals surface area contributed by atoms with E-state index in [1.807, 2.05) is 13.8 Å². The lowest BCUT2D eigenvalue weighted by Crippen LogP contribution is -2.48. The lowest BCUT2D eigenvalue weighted by molar-refractivity contribution is -0.129. The van der Waals surface area contributed by atoms with E-state index in [0.717, 1.165) is 25.1 Å². The standard InChI is InChI=1S/C23H29N3O2/c1-16(2)22(25-17(3)27)23(28)24-14-18-8-10-19(11-9-18)15-26-13-12-20-6-4-5-7-21(20)26/h4-11,16,22H,12-15H2,1-3H3,(H,24,28)(H,25,27)/t22-/m0/s1. The third kappa shape index (κ3) is 4.91. The second-order valence-corrected chi connectivity index (χ2v) is 7.76. The molecule has 1 atom stereocenters. The number of rotatable bonds is 7. The molecule has 0 aliphatic carbocycles. The number of carbonyl (C=O) groups excluding carboxylic acids is 2. The molecule has 0 bridgehead atoms. The number of amides is 2. The van der Waals surface area contributed by atoms with Gasteiger partial charge in [0.1, 0.15) is 6.04 Å². The van der Waals surface area contributed by atoms with E-state index in [1.165, 1.54) is 23.7 Å². The van der Waals surface area contributed by atoms with Crippen molar-refractivity contribution in [2.75, 3.05) is 11.4 Å². The van der Waals surface area contributed by atoms with Crippen molar-refractivity contribution in [1.82, 2.24) is 10.6 Å². The van der Waals surface area contributed by atoms with Gasteiger partial charge < -0.3 is 15.5 Å². The van der Waals surface area contributed by atoms with Gasteiger partial charge in [-0.1, -0.05) is 56.3 Å². The van der Waals surface area contributed by atoms with Gasteiger partial charge in [0.25, 0.3) is 0 Å². The van der Waals surface area contributed by atoms with Gasteiger partial charge >= 0.3 is 0 Å². The van der Waals surface area contributed by atoms with E-state index < -0.39 is 6.04 Å². The van der Waals surface area contributed by atoms with E-state index in [9.17, 15) is 9.59 Å². The Bertz CT molecular complexity index is 830. The minimum Gasteiger partial charge on any atom is -0.367 e. The Morgan fingerprint density at radius 1 is 1.04 bits per heavy atom. The summed E-state index contributed by atoms with van der Waals surface area (Å²) in [5, 5.41) is 5.64. The van der Waals surface area contributed by atoms with E-state index in [0.29, 0.717) is 6.54 Å². The van der Waals surface area contributed by atoms with Crippen molar-refractivity contribution in [3.63, 3.8) is 0 Å². The zero-order valence-electron chi connectivity index (χ0n) is 16.9. The Morgan fingerprint density at radius 2 is 1.71 bits per heavy atom. The van der Waals surface area contributed by atoms with Crippen LogP contribution in [-0.4, -0.2) is 24.4 Å². The molecule has 0 saturated carbocycles. The lowest BCUT2D eigenvalue weighted by Gasteiger charge is -2.21. The summed E-state index contributed by atoms with van der Waals surface area (Å²) in [7, 11) is 0. The molecule has 2 amide bonds. The number of carbonyl (C=O) groups is 2. The monoisotopic (exact) mass is 379 g/mol. The molecular formula is C23H29N3O2. The van der Waals surface area contributed by atoms with Crippen molar-refractivity contribution in [2.24, 2.45) is 5.92 Å². The Balaban J connectivity index is 1.55. The SMILES string of the molecule is CC(=O)N[C@H](C(=O)NCc1ccc(CN2CCc3ccccc32)cc1)C(C)C. The number of para-hydroxylation sites is 1. The molecular weight excluding hydrogens is 350 g/mol. The average Bonchev–Trinajstić information content (AvgIpc) is 3.08. The molecule has 0 saturated heterocycles. The van der Waals surface area contributed by atoms with Crippen LogP contribution in [0.2, 0.25) is 0 Å². The van der Waals surface area contributed by atoms with Gasteiger partial charge in [-0.05, 0) is 35.1 Å². The highest BCUT2D eigenvalue weighted by atomic mass is 16.2. The number of hydrogen-bond donors (Lipinski definition) is 2. The Kier molecular flexibility index (Phi) is 6.34. The van der Waals surface area contributed by atoms with Crippen LogP contribution in [0.5, 0.6) is 0 Å². The second-order valence-electron chi connectivity index (χ2n) is 7.76. The van der Waals surface area contributed by atoms with Gasteiger partial charge in [-0.25, -0.2) is 0 Å². The van der Waals surface area contributed by atoms with Crippen molar-refractivity contribution in [1.29, 1.82) is 0 Å². The van der Waals surface area contributed by atoms with Crippen LogP contribution >= 0.6 is 0 Å². The van der Waals surface area contributed by atoms with E-state index in [-0.39, 0.29) is 17.7 Å². The van der Waals surface area contributed by atoms with Crippen molar-refractivity contribution in [3.05, 3.63) is 65.2 Å². The molecule has 148 valence electrons. The Morgan fingerprint density at radius 3 is 2.39 bits per heavy atom. The predicted molar refractivity (Wildman–Crippen MR) is 112 cm³/mol. The number of nitrogens with one attached hydrogen (secondary N) is 2. The summed E-state index contributed by atoms with van der Waals surface area (Å²) in [5.74, 6) is -0.306.